The van der Waals surface area contributed by atoms with Crippen LogP contribution in [0.5, 0.6) is 34.5 Å². The van der Waals surface area contributed by atoms with E-state index in [9.17, 15) is 33.6 Å². The molecule has 0 N–H and O–H groups in total. The topological polar surface area (TPSA) is 212 Å². The summed E-state index contributed by atoms with van der Waals surface area (Å²) in [7, 11) is 0. The molecule has 0 atom stereocenters. The van der Waals surface area contributed by atoms with Crippen molar-refractivity contribution < 1.29 is 80.9 Å². The summed E-state index contributed by atoms with van der Waals surface area (Å²) in [4.78, 5) is 87.4. The zero-order valence-electron chi connectivity index (χ0n) is 52.7. The highest BCUT2D eigenvalue weighted by Crippen LogP contribution is 2.29. The molecule has 0 radical (unpaired) electrons. The number of hydrogen-bond acceptors (Lipinski definition) is 17. The molecular formula is C74H90O17. The van der Waals surface area contributed by atoms with Crippen LogP contribution in [0.1, 0.15) is 201 Å². The summed E-state index contributed by atoms with van der Waals surface area (Å²) < 4.78 is 55.6. The van der Waals surface area contributed by atoms with Gasteiger partial charge in [0.1, 0.15) is 46.7 Å². The molecule has 0 saturated heterocycles. The highest BCUT2D eigenvalue weighted by Gasteiger charge is 2.22. The number of esters is 7. The fourth-order valence-electron chi connectivity index (χ4n) is 9.31. The minimum atomic E-state index is -0.871. The Bertz CT molecular complexity index is 3000. The minimum absolute atomic E-state index is 0.00131. The van der Waals surface area contributed by atoms with E-state index in [1.54, 1.807) is 97.1 Å². The van der Waals surface area contributed by atoms with E-state index in [2.05, 4.69) is 19.7 Å². The van der Waals surface area contributed by atoms with E-state index in [1.165, 1.54) is 75.3 Å². The molecule has 0 amide bonds. The van der Waals surface area contributed by atoms with Gasteiger partial charge in [0.2, 0.25) is 0 Å². The van der Waals surface area contributed by atoms with Gasteiger partial charge in [-0.05, 0) is 160 Å². The fourth-order valence-corrected chi connectivity index (χ4v) is 9.31. The fraction of sp³-hybridized carbons (Fsp3) is 0.419. The molecule has 0 aromatic heterocycles. The van der Waals surface area contributed by atoms with E-state index in [1.807, 2.05) is 0 Å². The number of rotatable bonds is 48. The van der Waals surface area contributed by atoms with Crippen LogP contribution >= 0.6 is 0 Å². The molecule has 91 heavy (non-hydrogen) atoms. The largest absolute Gasteiger partial charge is 0.494 e. The molecule has 0 aliphatic heterocycles. The Hall–Kier alpha value is -8.99. The maximum absolute atomic E-state index is 13.9. The first-order valence-corrected chi connectivity index (χ1v) is 32.1. The smallest absolute Gasteiger partial charge is 0.343 e. The molecule has 5 rings (SSSR count). The second kappa shape index (κ2) is 44.5. The van der Waals surface area contributed by atoms with Crippen molar-refractivity contribution in [2.45, 2.75) is 161 Å². The zero-order valence-corrected chi connectivity index (χ0v) is 52.7. The van der Waals surface area contributed by atoms with E-state index in [4.69, 9.17) is 47.4 Å². The summed E-state index contributed by atoms with van der Waals surface area (Å²) in [5, 5.41) is 0. The van der Waals surface area contributed by atoms with E-state index in [0.29, 0.717) is 68.0 Å². The normalized spacial score (nSPS) is 10.7. The first-order valence-electron chi connectivity index (χ1n) is 32.1. The number of carbonyl (C=O) groups excluding carboxylic acids is 7. The summed E-state index contributed by atoms with van der Waals surface area (Å²) in [6.07, 6.45) is 28.5. The van der Waals surface area contributed by atoms with Crippen LogP contribution in [0.25, 0.3) is 0 Å². The molecule has 0 heterocycles. The van der Waals surface area contributed by atoms with Crippen molar-refractivity contribution >= 4 is 41.8 Å². The van der Waals surface area contributed by atoms with Crippen molar-refractivity contribution in [1.29, 1.82) is 0 Å². The molecular weight excluding hydrogens is 1160 g/mol. The van der Waals surface area contributed by atoms with Crippen molar-refractivity contribution in [3.8, 4) is 34.5 Å². The number of benzene rings is 5. The molecule has 488 valence electrons. The third kappa shape index (κ3) is 30.9. The average molecular weight is 1250 g/mol. The molecule has 0 aliphatic carbocycles. The van der Waals surface area contributed by atoms with Gasteiger partial charge in [-0.15, -0.1) is 0 Å². The maximum atomic E-state index is 13.9. The van der Waals surface area contributed by atoms with E-state index in [-0.39, 0.29) is 52.5 Å². The quantitative estimate of drug-likeness (QED) is 0.0116. The molecule has 0 bridgehead atoms. The molecule has 17 heteroatoms. The number of ether oxygens (including phenoxy) is 10. The van der Waals surface area contributed by atoms with Crippen LogP contribution < -0.4 is 28.4 Å². The lowest BCUT2D eigenvalue weighted by atomic mass is 10.1. The number of hydrogen-bond donors (Lipinski definition) is 0. The predicted octanol–water partition coefficient (Wildman–Crippen LogP) is 16.4. The Kier molecular flexibility index (Phi) is 35.5. The molecule has 0 aliphatic rings. The first-order chi connectivity index (χ1) is 44.4. The predicted molar refractivity (Wildman–Crippen MR) is 347 cm³/mol. The van der Waals surface area contributed by atoms with E-state index >= 15 is 0 Å². The summed E-state index contributed by atoms with van der Waals surface area (Å²) in [6.45, 7) is 12.8. The van der Waals surface area contributed by atoms with Crippen LogP contribution in [0.4, 0.5) is 0 Å². The lowest BCUT2D eigenvalue weighted by Crippen LogP contribution is -2.14. The second-order valence-corrected chi connectivity index (χ2v) is 21.8. The van der Waals surface area contributed by atoms with Crippen molar-refractivity contribution in [1.82, 2.24) is 0 Å². The average Bonchev–Trinajstić information content (AvgIpc) is 1.25. The molecule has 5 aromatic rings. The summed E-state index contributed by atoms with van der Waals surface area (Å²) in [5.41, 5.74) is 1.14. The monoisotopic (exact) mass is 1250 g/mol. The highest BCUT2D eigenvalue weighted by atomic mass is 16.6. The highest BCUT2D eigenvalue weighted by molar-refractivity contribution is 5.97. The lowest BCUT2D eigenvalue weighted by Gasteiger charge is -2.13. The number of unbranched alkanes of at least 4 members (excludes halogenated alkanes) is 21. The Balaban J connectivity index is 1.09. The van der Waals surface area contributed by atoms with Crippen molar-refractivity contribution in [3.05, 3.63) is 181 Å². The summed E-state index contributed by atoms with van der Waals surface area (Å²) in [5.74, 6) is -2.12. The van der Waals surface area contributed by atoms with Gasteiger partial charge in [0.05, 0.1) is 56.3 Å². The van der Waals surface area contributed by atoms with Crippen LogP contribution in [0.2, 0.25) is 0 Å². The van der Waals surface area contributed by atoms with Gasteiger partial charge in [0.15, 0.2) is 0 Å². The van der Waals surface area contributed by atoms with Gasteiger partial charge in [-0.3, -0.25) is 0 Å². The molecule has 0 fully saturated rings. The zero-order chi connectivity index (χ0) is 64.9. The van der Waals surface area contributed by atoms with Crippen LogP contribution in [0.3, 0.4) is 0 Å². The Morgan fingerprint density at radius 3 is 0.912 bits per heavy atom. The minimum Gasteiger partial charge on any atom is -0.494 e. The number of carbonyl (C=O) groups is 7. The van der Waals surface area contributed by atoms with Gasteiger partial charge < -0.3 is 47.4 Å². The lowest BCUT2D eigenvalue weighted by molar-refractivity contribution is -0.138. The van der Waals surface area contributed by atoms with Gasteiger partial charge in [0.25, 0.3) is 0 Å². The van der Waals surface area contributed by atoms with Crippen LogP contribution in [0.15, 0.2) is 153 Å². The third-order valence-corrected chi connectivity index (χ3v) is 14.5. The Morgan fingerprint density at radius 1 is 0.286 bits per heavy atom. The van der Waals surface area contributed by atoms with Crippen molar-refractivity contribution in [2.75, 3.05) is 39.6 Å². The van der Waals surface area contributed by atoms with Crippen LogP contribution in [0, 0.1) is 0 Å². The van der Waals surface area contributed by atoms with Crippen molar-refractivity contribution in [3.63, 3.8) is 0 Å². The molecule has 0 spiro atoms. The molecule has 0 saturated carbocycles. The van der Waals surface area contributed by atoms with E-state index in [0.717, 1.165) is 115 Å². The standard InChI is InChI=1S/C74H90O17/c1-4-68(75)85-52-28-21-17-13-9-7-11-15-19-25-49-82-62-43-35-59(36-44-62)72(79)90-65-47-48-67(91-73(80)60-37-45-63(46-38-60)83-50-26-20-16-12-8-10-14-18-22-29-53-86-69(76)5-2)66(55-65)74(81)88-56-57-31-39-64(40-32-57)89-71(78)58-33-41-61(42-34-58)84-51-27-23-24-30-54-87-70(77)6-3/h4-6,31-48,55H,1-3,7-30,49-54,56H2. The Morgan fingerprint density at radius 2 is 0.571 bits per heavy atom. The summed E-state index contributed by atoms with van der Waals surface area (Å²) >= 11 is 0. The SMILES string of the molecule is C=CC(=O)OCCCCCCCCCCCCOc1ccc(C(=O)Oc2ccc(OC(=O)c3ccc(OCCCCCCCCCCCCOC(=O)C=C)cc3)c(C(=O)OCc3ccc(OC(=O)c4ccc(OCCCCCCOC(=O)C=C)cc4)cc3)c2)cc1. The van der Waals surface area contributed by atoms with Crippen molar-refractivity contribution in [2.24, 2.45) is 0 Å². The second-order valence-electron chi connectivity index (χ2n) is 21.8. The Labute approximate surface area is 536 Å². The maximum Gasteiger partial charge on any atom is 0.343 e. The van der Waals surface area contributed by atoms with Gasteiger partial charge in [-0.2, -0.15) is 0 Å². The molecule has 17 nitrogen and oxygen atoms in total. The summed E-state index contributed by atoms with van der Waals surface area (Å²) in [6, 6.07) is 30.2. The van der Waals surface area contributed by atoms with E-state index < -0.39 is 29.8 Å². The van der Waals surface area contributed by atoms with Gasteiger partial charge in [-0.25, -0.2) is 33.6 Å². The van der Waals surface area contributed by atoms with Gasteiger partial charge >= 0.3 is 41.8 Å². The van der Waals surface area contributed by atoms with Gasteiger partial charge in [-0.1, -0.05) is 135 Å². The third-order valence-electron chi connectivity index (χ3n) is 14.5. The van der Waals surface area contributed by atoms with Crippen LogP contribution in [-0.2, 0) is 39.9 Å². The molecule has 5 aromatic carbocycles. The van der Waals surface area contributed by atoms with Gasteiger partial charge in [0, 0.05) is 18.2 Å². The molecule has 0 unspecified atom stereocenters. The first kappa shape index (κ1) is 72.8. The van der Waals surface area contributed by atoms with Crippen LogP contribution in [-0.4, -0.2) is 81.4 Å².